The summed E-state index contributed by atoms with van der Waals surface area (Å²) in [5.74, 6) is 3.25. The van der Waals surface area contributed by atoms with Gasteiger partial charge in [-0.3, -0.25) is 0 Å². The molecule has 1 atom stereocenters. The quantitative estimate of drug-likeness (QED) is 0.243. The molecule has 0 aliphatic heterocycles. The van der Waals surface area contributed by atoms with Crippen molar-refractivity contribution in [3.63, 3.8) is 0 Å². The molecule has 0 radical (unpaired) electrons. The van der Waals surface area contributed by atoms with Gasteiger partial charge in [-0.15, -0.1) is 0 Å². The summed E-state index contributed by atoms with van der Waals surface area (Å²) in [5, 5.41) is 0. The summed E-state index contributed by atoms with van der Waals surface area (Å²) in [4.78, 5) is 2.55. The van der Waals surface area contributed by atoms with Crippen LogP contribution in [0.3, 0.4) is 0 Å². The van der Waals surface area contributed by atoms with Gasteiger partial charge in [-0.1, -0.05) is 46.2 Å². The standard InChI is InChI=1S/C18H29NO4S.C15H25NO/c1-5-13(2)14-6-8-15(9-7-14)19-24(20,21)18-12-16(22-3)10-11-17(18)23-4;1-5-11-16(12-6-2)14-9-7-8-10-15(14)17-13(3)4/h10-15,19H,5-9H2,1-4H3;7-10,13H,5-6,11-12H2,1-4H3/t13-,14?,15?;/m1./s1. The van der Waals surface area contributed by atoms with Gasteiger partial charge in [0.2, 0.25) is 10.0 Å². The van der Waals surface area contributed by atoms with Crippen molar-refractivity contribution in [2.24, 2.45) is 11.8 Å². The van der Waals surface area contributed by atoms with Gasteiger partial charge in [0.05, 0.1) is 26.0 Å². The maximum Gasteiger partial charge on any atom is 0.244 e. The van der Waals surface area contributed by atoms with Gasteiger partial charge in [0, 0.05) is 25.2 Å². The number of hydrogen-bond donors (Lipinski definition) is 1. The van der Waals surface area contributed by atoms with E-state index in [9.17, 15) is 8.42 Å². The van der Waals surface area contributed by atoms with Gasteiger partial charge < -0.3 is 19.1 Å². The van der Waals surface area contributed by atoms with Crippen LogP contribution in [-0.4, -0.2) is 47.9 Å². The molecular weight excluding hydrogens is 536 g/mol. The largest absolute Gasteiger partial charge is 0.497 e. The highest BCUT2D eigenvalue weighted by Gasteiger charge is 2.29. The molecule has 3 rings (SSSR count). The first-order valence-corrected chi connectivity index (χ1v) is 16.8. The molecule has 2 aromatic rings. The molecule has 41 heavy (non-hydrogen) atoms. The summed E-state index contributed by atoms with van der Waals surface area (Å²) >= 11 is 0. The van der Waals surface area contributed by atoms with Gasteiger partial charge >= 0.3 is 0 Å². The number of rotatable bonds is 14. The average molecular weight is 591 g/mol. The van der Waals surface area contributed by atoms with Crippen LogP contribution >= 0.6 is 0 Å². The molecule has 0 bridgehead atoms. The Bertz CT molecular complexity index is 1120. The van der Waals surface area contributed by atoms with Crippen molar-refractivity contribution in [3.05, 3.63) is 42.5 Å². The molecular formula is C33H54N2O5S. The van der Waals surface area contributed by atoms with E-state index in [0.717, 1.165) is 57.4 Å². The third kappa shape index (κ3) is 10.7. The van der Waals surface area contributed by atoms with Crippen LogP contribution in [0.25, 0.3) is 0 Å². The number of nitrogens with one attached hydrogen (secondary N) is 1. The SMILES string of the molecule is CCCN(CCC)c1ccccc1OC(C)C.CC[C@@H](C)C1CCC(NS(=O)(=O)c2cc(OC)ccc2OC)CC1. The lowest BCUT2D eigenvalue weighted by Crippen LogP contribution is -2.38. The van der Waals surface area contributed by atoms with Crippen LogP contribution in [0.1, 0.15) is 86.5 Å². The Kier molecular flexibility index (Phi) is 14.8. The Morgan fingerprint density at radius 1 is 0.878 bits per heavy atom. The van der Waals surface area contributed by atoms with E-state index in [0.29, 0.717) is 23.3 Å². The number of anilines is 1. The van der Waals surface area contributed by atoms with Crippen molar-refractivity contribution in [1.29, 1.82) is 0 Å². The molecule has 2 aromatic carbocycles. The van der Waals surface area contributed by atoms with Gasteiger partial charge in [-0.25, -0.2) is 13.1 Å². The molecule has 0 heterocycles. The number of nitrogens with zero attached hydrogens (tertiary/aromatic N) is 1. The number of sulfonamides is 1. The van der Waals surface area contributed by atoms with E-state index >= 15 is 0 Å². The zero-order valence-electron chi connectivity index (χ0n) is 26.6. The third-order valence-electron chi connectivity index (χ3n) is 7.76. The number of para-hydroxylation sites is 2. The molecule has 0 aromatic heterocycles. The van der Waals surface area contributed by atoms with E-state index in [-0.39, 0.29) is 17.0 Å². The summed E-state index contributed by atoms with van der Waals surface area (Å²) in [6.45, 7) is 15.3. The molecule has 0 amide bonds. The van der Waals surface area contributed by atoms with E-state index in [1.54, 1.807) is 12.1 Å². The number of benzene rings is 2. The number of methoxy groups -OCH3 is 2. The van der Waals surface area contributed by atoms with Crippen LogP contribution in [0.15, 0.2) is 47.4 Å². The van der Waals surface area contributed by atoms with Gasteiger partial charge in [-0.2, -0.15) is 0 Å². The van der Waals surface area contributed by atoms with Crippen LogP contribution in [0, 0.1) is 11.8 Å². The summed E-state index contributed by atoms with van der Waals surface area (Å²) < 4.78 is 44.6. The van der Waals surface area contributed by atoms with Crippen molar-refractivity contribution in [1.82, 2.24) is 4.72 Å². The van der Waals surface area contributed by atoms with Gasteiger partial charge in [0.1, 0.15) is 22.1 Å². The Morgan fingerprint density at radius 3 is 2.05 bits per heavy atom. The van der Waals surface area contributed by atoms with Gasteiger partial charge in [0.15, 0.2) is 0 Å². The van der Waals surface area contributed by atoms with E-state index in [4.69, 9.17) is 14.2 Å². The minimum absolute atomic E-state index is 0.00814. The van der Waals surface area contributed by atoms with Crippen LogP contribution in [0.5, 0.6) is 17.2 Å². The smallest absolute Gasteiger partial charge is 0.244 e. The molecule has 1 fully saturated rings. The molecule has 1 saturated carbocycles. The predicted octanol–water partition coefficient (Wildman–Crippen LogP) is 7.69. The Balaban J connectivity index is 0.000000305. The second-order valence-electron chi connectivity index (χ2n) is 11.3. The van der Waals surface area contributed by atoms with E-state index < -0.39 is 10.0 Å². The molecule has 0 saturated heterocycles. The first-order chi connectivity index (χ1) is 19.6. The Hall–Kier alpha value is -2.45. The first kappa shape index (κ1) is 34.7. The van der Waals surface area contributed by atoms with Crippen LogP contribution in [0.2, 0.25) is 0 Å². The lowest BCUT2D eigenvalue weighted by molar-refractivity contribution is 0.235. The van der Waals surface area contributed by atoms with Crippen molar-refractivity contribution in [2.75, 3.05) is 32.2 Å². The zero-order valence-corrected chi connectivity index (χ0v) is 27.4. The van der Waals surface area contributed by atoms with Crippen molar-refractivity contribution in [2.45, 2.75) is 104 Å². The Labute approximate surface area is 250 Å². The maximum atomic E-state index is 12.8. The van der Waals surface area contributed by atoms with Gasteiger partial charge in [0.25, 0.3) is 0 Å². The lowest BCUT2D eigenvalue weighted by Gasteiger charge is -2.32. The second-order valence-corrected chi connectivity index (χ2v) is 12.9. The van der Waals surface area contributed by atoms with Crippen molar-refractivity contribution < 1.29 is 22.6 Å². The highest BCUT2D eigenvalue weighted by Crippen LogP contribution is 2.34. The topological polar surface area (TPSA) is 77.1 Å². The van der Waals surface area contributed by atoms with E-state index in [1.807, 2.05) is 6.07 Å². The molecule has 8 heteroatoms. The van der Waals surface area contributed by atoms with Crippen LogP contribution in [0.4, 0.5) is 5.69 Å². The summed E-state index contributed by atoms with van der Waals surface area (Å²) in [6, 6.07) is 13.1. The summed E-state index contributed by atoms with van der Waals surface area (Å²) in [6.07, 6.45) is 7.67. The van der Waals surface area contributed by atoms with Crippen LogP contribution < -0.4 is 23.8 Å². The fraction of sp³-hybridized carbons (Fsp3) is 0.636. The minimum atomic E-state index is -3.63. The lowest BCUT2D eigenvalue weighted by atomic mass is 9.78. The predicted molar refractivity (Wildman–Crippen MR) is 170 cm³/mol. The normalized spacial score (nSPS) is 17.8. The summed E-state index contributed by atoms with van der Waals surface area (Å²) in [5.41, 5.74) is 1.23. The maximum absolute atomic E-state index is 12.8. The number of ether oxygens (including phenoxy) is 3. The fourth-order valence-corrected chi connectivity index (χ4v) is 6.87. The first-order valence-electron chi connectivity index (χ1n) is 15.3. The van der Waals surface area contributed by atoms with Crippen molar-refractivity contribution in [3.8, 4) is 17.2 Å². The Morgan fingerprint density at radius 2 is 1.51 bits per heavy atom. The third-order valence-corrected chi connectivity index (χ3v) is 9.30. The molecule has 232 valence electrons. The second kappa shape index (κ2) is 17.5. The zero-order chi connectivity index (χ0) is 30.4. The molecule has 0 unspecified atom stereocenters. The monoisotopic (exact) mass is 590 g/mol. The molecule has 1 aliphatic rings. The number of hydrogen-bond acceptors (Lipinski definition) is 6. The highest BCUT2D eigenvalue weighted by atomic mass is 32.2. The van der Waals surface area contributed by atoms with Crippen molar-refractivity contribution >= 4 is 15.7 Å². The van der Waals surface area contributed by atoms with Gasteiger partial charge in [-0.05, 0) is 88.5 Å². The summed E-state index contributed by atoms with van der Waals surface area (Å²) in [7, 11) is -0.647. The van der Waals surface area contributed by atoms with E-state index in [1.165, 1.54) is 32.4 Å². The average Bonchev–Trinajstić information content (AvgIpc) is 2.97. The minimum Gasteiger partial charge on any atom is -0.497 e. The molecule has 1 aliphatic carbocycles. The highest BCUT2D eigenvalue weighted by molar-refractivity contribution is 7.89. The molecule has 1 N–H and O–H groups in total. The molecule has 7 nitrogen and oxygen atoms in total. The van der Waals surface area contributed by atoms with Crippen LogP contribution in [-0.2, 0) is 10.0 Å². The van der Waals surface area contributed by atoms with E-state index in [2.05, 4.69) is 69.4 Å². The molecule has 0 spiro atoms. The fourth-order valence-electron chi connectivity index (χ4n) is 5.38.